The lowest BCUT2D eigenvalue weighted by atomic mass is 10.1. The summed E-state index contributed by atoms with van der Waals surface area (Å²) in [7, 11) is 1.39. The number of nitrogens with two attached hydrogens (primary N) is 1. The maximum absolute atomic E-state index is 10.9. The first-order valence-electron chi connectivity index (χ1n) is 5.27. The molecule has 1 aromatic carbocycles. The van der Waals surface area contributed by atoms with Gasteiger partial charge in [0.2, 0.25) is 0 Å². The van der Waals surface area contributed by atoms with E-state index >= 15 is 0 Å². The van der Waals surface area contributed by atoms with Crippen molar-refractivity contribution in [2.45, 2.75) is 6.54 Å². The highest BCUT2D eigenvalue weighted by Crippen LogP contribution is 2.32. The van der Waals surface area contributed by atoms with Crippen LogP contribution in [0.15, 0.2) is 34.7 Å². The van der Waals surface area contributed by atoms with E-state index in [0.717, 1.165) is 0 Å². The Kier molecular flexibility index (Phi) is 3.29. The first kappa shape index (κ1) is 12.1. The van der Waals surface area contributed by atoms with Crippen LogP contribution in [0.2, 0.25) is 0 Å². The first-order chi connectivity index (χ1) is 8.65. The fourth-order valence-corrected chi connectivity index (χ4v) is 1.63. The molecule has 0 aliphatic rings. The maximum Gasteiger partial charge on any atom is 0.311 e. The van der Waals surface area contributed by atoms with E-state index in [0.29, 0.717) is 17.1 Å². The van der Waals surface area contributed by atoms with Crippen molar-refractivity contribution in [3.8, 4) is 17.1 Å². The second kappa shape index (κ2) is 4.89. The fraction of sp³-hybridized carbons (Fsp3) is 0.167. The minimum atomic E-state index is -0.491. The van der Waals surface area contributed by atoms with Crippen LogP contribution >= 0.6 is 0 Å². The van der Waals surface area contributed by atoms with Gasteiger partial charge in [0.15, 0.2) is 5.75 Å². The van der Waals surface area contributed by atoms with Crippen molar-refractivity contribution in [2.24, 2.45) is 5.73 Å². The average molecular weight is 248 g/mol. The molecule has 18 heavy (non-hydrogen) atoms. The van der Waals surface area contributed by atoms with Gasteiger partial charge in [0, 0.05) is 11.6 Å². The molecule has 0 aliphatic heterocycles. The predicted molar refractivity (Wildman–Crippen MR) is 65.2 cm³/mol. The largest absolute Gasteiger partial charge is 0.490 e. The molecular weight excluding hydrogens is 236 g/mol. The van der Waals surface area contributed by atoms with Gasteiger partial charge in [0.1, 0.15) is 11.5 Å². The van der Waals surface area contributed by atoms with Crippen molar-refractivity contribution in [3.05, 3.63) is 46.2 Å². The van der Waals surface area contributed by atoms with E-state index in [-0.39, 0.29) is 18.0 Å². The molecule has 0 saturated heterocycles. The summed E-state index contributed by atoms with van der Waals surface area (Å²) < 4.78 is 10.4. The third kappa shape index (κ3) is 2.18. The van der Waals surface area contributed by atoms with E-state index in [9.17, 15) is 10.1 Å². The SMILES string of the molecule is COc1ccc(-c2ccc(CN)o2)cc1[N+](=O)[O-]. The van der Waals surface area contributed by atoms with Crippen molar-refractivity contribution >= 4 is 5.69 Å². The summed E-state index contributed by atoms with van der Waals surface area (Å²) in [4.78, 5) is 10.4. The molecule has 0 unspecified atom stereocenters. The van der Waals surface area contributed by atoms with Gasteiger partial charge in [-0.1, -0.05) is 0 Å². The van der Waals surface area contributed by atoms with Gasteiger partial charge in [-0.2, -0.15) is 0 Å². The molecular formula is C12H12N2O4. The topological polar surface area (TPSA) is 91.5 Å². The third-order valence-corrected chi connectivity index (χ3v) is 2.52. The minimum absolute atomic E-state index is 0.0966. The molecule has 0 radical (unpaired) electrons. The van der Waals surface area contributed by atoms with Crippen molar-refractivity contribution in [2.75, 3.05) is 7.11 Å². The van der Waals surface area contributed by atoms with E-state index < -0.39 is 4.92 Å². The zero-order chi connectivity index (χ0) is 13.1. The lowest BCUT2D eigenvalue weighted by molar-refractivity contribution is -0.385. The molecule has 6 heteroatoms. The standard InChI is InChI=1S/C12H12N2O4/c1-17-12-4-2-8(6-10(12)14(15)16)11-5-3-9(7-13)18-11/h2-6H,7,13H2,1H3. The van der Waals surface area contributed by atoms with Crippen LogP contribution in [0.3, 0.4) is 0 Å². The third-order valence-electron chi connectivity index (χ3n) is 2.52. The number of furan rings is 1. The van der Waals surface area contributed by atoms with Crippen molar-refractivity contribution < 1.29 is 14.1 Å². The number of benzene rings is 1. The van der Waals surface area contributed by atoms with E-state index in [1.54, 1.807) is 18.2 Å². The normalized spacial score (nSPS) is 10.3. The molecule has 94 valence electrons. The number of nitro benzene ring substituents is 1. The van der Waals surface area contributed by atoms with Crippen LogP contribution in [0.1, 0.15) is 5.76 Å². The fourth-order valence-electron chi connectivity index (χ4n) is 1.63. The summed E-state index contributed by atoms with van der Waals surface area (Å²) in [6.45, 7) is 0.290. The van der Waals surface area contributed by atoms with E-state index in [2.05, 4.69) is 0 Å². The van der Waals surface area contributed by atoms with E-state index in [4.69, 9.17) is 14.9 Å². The molecule has 1 heterocycles. The van der Waals surface area contributed by atoms with Crippen LogP contribution in [0.4, 0.5) is 5.69 Å². The van der Waals surface area contributed by atoms with Gasteiger partial charge in [-0.05, 0) is 24.3 Å². The van der Waals surface area contributed by atoms with Gasteiger partial charge in [-0.15, -0.1) is 0 Å². The molecule has 0 spiro atoms. The lowest BCUT2D eigenvalue weighted by Gasteiger charge is -2.03. The Morgan fingerprint density at radius 3 is 2.72 bits per heavy atom. The summed E-state index contributed by atoms with van der Waals surface area (Å²) in [5.41, 5.74) is 5.96. The van der Waals surface area contributed by atoms with Crippen molar-refractivity contribution in [3.63, 3.8) is 0 Å². The molecule has 2 rings (SSSR count). The van der Waals surface area contributed by atoms with Crippen molar-refractivity contribution in [1.82, 2.24) is 0 Å². The van der Waals surface area contributed by atoms with Gasteiger partial charge < -0.3 is 14.9 Å². The number of rotatable bonds is 4. The summed E-state index contributed by atoms with van der Waals surface area (Å²) in [6, 6.07) is 8.13. The number of ether oxygens (including phenoxy) is 1. The highest BCUT2D eigenvalue weighted by Gasteiger charge is 2.16. The van der Waals surface area contributed by atoms with Gasteiger partial charge >= 0.3 is 5.69 Å². The molecule has 2 aromatic rings. The Hall–Kier alpha value is -2.34. The minimum Gasteiger partial charge on any atom is -0.490 e. The monoisotopic (exact) mass is 248 g/mol. The van der Waals surface area contributed by atoms with Gasteiger partial charge in [0.25, 0.3) is 0 Å². The molecule has 0 atom stereocenters. The Morgan fingerprint density at radius 1 is 1.39 bits per heavy atom. The number of methoxy groups -OCH3 is 1. The smallest absolute Gasteiger partial charge is 0.311 e. The van der Waals surface area contributed by atoms with Gasteiger partial charge in [0.05, 0.1) is 18.6 Å². The summed E-state index contributed by atoms with van der Waals surface area (Å²) in [5.74, 6) is 1.39. The summed E-state index contributed by atoms with van der Waals surface area (Å²) in [6.07, 6.45) is 0. The lowest BCUT2D eigenvalue weighted by Crippen LogP contribution is -1.94. The van der Waals surface area contributed by atoms with Gasteiger partial charge in [-0.3, -0.25) is 10.1 Å². The van der Waals surface area contributed by atoms with Crippen LogP contribution in [0, 0.1) is 10.1 Å². The van der Waals surface area contributed by atoms with Crippen molar-refractivity contribution in [1.29, 1.82) is 0 Å². The molecule has 0 amide bonds. The summed E-state index contributed by atoms with van der Waals surface area (Å²) >= 11 is 0. The number of hydrogen-bond acceptors (Lipinski definition) is 5. The quantitative estimate of drug-likeness (QED) is 0.662. The molecule has 1 aromatic heterocycles. The van der Waals surface area contributed by atoms with Crippen LogP contribution in [0.5, 0.6) is 5.75 Å². The van der Waals surface area contributed by atoms with Gasteiger partial charge in [-0.25, -0.2) is 0 Å². The molecule has 2 N–H and O–H groups in total. The Bertz CT molecular complexity index is 577. The van der Waals surface area contributed by atoms with Crippen LogP contribution < -0.4 is 10.5 Å². The zero-order valence-corrected chi connectivity index (χ0v) is 9.75. The Balaban J connectivity index is 2.46. The van der Waals surface area contributed by atoms with Crippen LogP contribution in [-0.2, 0) is 6.54 Å². The molecule has 6 nitrogen and oxygen atoms in total. The molecule has 0 saturated carbocycles. The average Bonchev–Trinajstić information content (AvgIpc) is 2.86. The number of nitro groups is 1. The molecule has 0 bridgehead atoms. The predicted octanol–water partition coefficient (Wildman–Crippen LogP) is 2.32. The Morgan fingerprint density at radius 2 is 2.17 bits per heavy atom. The highest BCUT2D eigenvalue weighted by molar-refractivity contribution is 5.65. The zero-order valence-electron chi connectivity index (χ0n) is 9.75. The number of nitrogens with zero attached hydrogens (tertiary/aromatic N) is 1. The number of hydrogen-bond donors (Lipinski definition) is 1. The van der Waals surface area contributed by atoms with E-state index in [1.807, 2.05) is 0 Å². The van der Waals surface area contributed by atoms with E-state index in [1.165, 1.54) is 19.2 Å². The molecule has 0 aliphatic carbocycles. The molecule has 0 fully saturated rings. The Labute approximate surface area is 103 Å². The first-order valence-corrected chi connectivity index (χ1v) is 5.27. The summed E-state index contributed by atoms with van der Waals surface area (Å²) in [5, 5.41) is 10.9. The highest BCUT2D eigenvalue weighted by atomic mass is 16.6. The van der Waals surface area contributed by atoms with Crippen LogP contribution in [0.25, 0.3) is 11.3 Å². The van der Waals surface area contributed by atoms with Crippen LogP contribution in [-0.4, -0.2) is 12.0 Å². The maximum atomic E-state index is 10.9. The second-order valence-corrected chi connectivity index (χ2v) is 3.61. The second-order valence-electron chi connectivity index (χ2n) is 3.61.